The number of aromatic amines is 1. The van der Waals surface area contributed by atoms with Gasteiger partial charge in [-0.1, -0.05) is 0 Å². The van der Waals surface area contributed by atoms with Crippen LogP contribution < -0.4 is 0 Å². The molecule has 1 aromatic heterocycles. The number of halogens is 1. The monoisotopic (exact) mass is 281 g/mol. The van der Waals surface area contributed by atoms with Gasteiger partial charge in [-0.25, -0.2) is 13.2 Å². The molecule has 17 heavy (non-hydrogen) atoms. The lowest BCUT2D eigenvalue weighted by Gasteiger charge is -2.02. The van der Waals surface area contributed by atoms with Crippen molar-refractivity contribution in [2.75, 3.05) is 20.3 Å². The zero-order valence-electron chi connectivity index (χ0n) is 9.10. The summed E-state index contributed by atoms with van der Waals surface area (Å²) in [6.07, 6.45) is 1.71. The zero-order chi connectivity index (χ0) is 12.9. The molecule has 0 amide bonds. The Morgan fingerprint density at radius 3 is 2.71 bits per heavy atom. The summed E-state index contributed by atoms with van der Waals surface area (Å²) in [4.78, 5) is 13.7. The molecule has 8 heteroatoms. The largest absolute Gasteiger partial charge is 0.461 e. The summed E-state index contributed by atoms with van der Waals surface area (Å²) >= 11 is 0. The van der Waals surface area contributed by atoms with Crippen LogP contribution in [0.15, 0.2) is 17.2 Å². The number of esters is 1. The Bertz CT molecular complexity index is 481. The minimum Gasteiger partial charge on any atom is -0.461 e. The molecule has 0 aliphatic carbocycles. The van der Waals surface area contributed by atoms with Gasteiger partial charge in [-0.3, -0.25) is 0 Å². The third kappa shape index (κ3) is 4.37. The van der Waals surface area contributed by atoms with E-state index < -0.39 is 15.0 Å². The molecular weight excluding hydrogens is 270 g/mol. The topological polar surface area (TPSA) is 85.5 Å². The maximum absolute atomic E-state index is 11.4. The average molecular weight is 282 g/mol. The Hall–Kier alpha value is -1.05. The third-order valence-corrected chi connectivity index (χ3v) is 3.22. The van der Waals surface area contributed by atoms with Gasteiger partial charge in [-0.15, -0.1) is 0 Å². The van der Waals surface area contributed by atoms with Crippen LogP contribution in [0.2, 0.25) is 0 Å². The van der Waals surface area contributed by atoms with Crippen molar-refractivity contribution in [3.8, 4) is 0 Å². The molecule has 1 heterocycles. The smallest absolute Gasteiger partial charge is 0.354 e. The van der Waals surface area contributed by atoms with Gasteiger partial charge in [-0.05, 0) is 6.07 Å². The zero-order valence-corrected chi connectivity index (χ0v) is 10.7. The van der Waals surface area contributed by atoms with Crippen LogP contribution in [0.25, 0.3) is 0 Å². The van der Waals surface area contributed by atoms with E-state index >= 15 is 0 Å². The molecule has 0 unspecified atom stereocenters. The van der Waals surface area contributed by atoms with Gasteiger partial charge in [0.15, 0.2) is 0 Å². The highest BCUT2D eigenvalue weighted by molar-refractivity contribution is 8.13. The molecule has 1 N–H and O–H groups in total. The van der Waals surface area contributed by atoms with E-state index in [1.54, 1.807) is 7.11 Å². The fraction of sp³-hybridized carbons (Fsp3) is 0.444. The molecule has 0 saturated heterocycles. The molecule has 6 nitrogen and oxygen atoms in total. The highest BCUT2D eigenvalue weighted by atomic mass is 35.7. The number of carbonyl (C=O) groups excluding carboxylic acids is 1. The van der Waals surface area contributed by atoms with Crippen molar-refractivity contribution in [1.82, 2.24) is 4.98 Å². The molecule has 96 valence electrons. The molecule has 1 aromatic rings. The van der Waals surface area contributed by atoms with Crippen molar-refractivity contribution in [2.24, 2.45) is 0 Å². The van der Waals surface area contributed by atoms with Crippen molar-refractivity contribution >= 4 is 25.7 Å². The fourth-order valence-corrected chi connectivity index (χ4v) is 1.80. The van der Waals surface area contributed by atoms with Crippen LogP contribution in [-0.2, 0) is 18.5 Å². The number of ether oxygens (including phenoxy) is 2. The Morgan fingerprint density at radius 1 is 1.47 bits per heavy atom. The van der Waals surface area contributed by atoms with Gasteiger partial charge in [-0.2, -0.15) is 0 Å². The van der Waals surface area contributed by atoms with E-state index in [4.69, 9.17) is 20.2 Å². The maximum Gasteiger partial charge on any atom is 0.354 e. The van der Waals surface area contributed by atoms with Crippen LogP contribution in [-0.4, -0.2) is 39.7 Å². The summed E-state index contributed by atoms with van der Waals surface area (Å²) in [7, 11) is 2.82. The lowest BCUT2D eigenvalue weighted by molar-refractivity contribution is 0.0462. The first-order valence-electron chi connectivity index (χ1n) is 4.74. The molecule has 0 aromatic carbocycles. The van der Waals surface area contributed by atoms with Gasteiger partial charge >= 0.3 is 5.97 Å². The van der Waals surface area contributed by atoms with Gasteiger partial charge in [0.05, 0.1) is 6.61 Å². The van der Waals surface area contributed by atoms with Gasteiger partial charge in [0, 0.05) is 37.0 Å². The molecule has 0 fully saturated rings. The average Bonchev–Trinajstić information content (AvgIpc) is 2.72. The quantitative estimate of drug-likeness (QED) is 0.480. The van der Waals surface area contributed by atoms with Crippen molar-refractivity contribution in [3.63, 3.8) is 0 Å². The number of methoxy groups -OCH3 is 1. The molecule has 0 radical (unpaired) electrons. The summed E-state index contributed by atoms with van der Waals surface area (Å²) < 4.78 is 31.5. The highest BCUT2D eigenvalue weighted by Gasteiger charge is 2.16. The molecule has 0 aliphatic rings. The van der Waals surface area contributed by atoms with Gasteiger partial charge in [0.1, 0.15) is 10.6 Å². The van der Waals surface area contributed by atoms with Gasteiger partial charge in [0.25, 0.3) is 9.05 Å². The summed E-state index contributed by atoms with van der Waals surface area (Å²) in [6, 6.07) is 1.13. The van der Waals surface area contributed by atoms with Crippen molar-refractivity contribution in [3.05, 3.63) is 18.0 Å². The highest BCUT2D eigenvalue weighted by Crippen LogP contribution is 2.16. The first kappa shape index (κ1) is 14.0. The number of aromatic nitrogens is 1. The molecular formula is C9H12ClNO5S. The number of rotatable bonds is 6. The molecule has 0 saturated carbocycles. The van der Waals surface area contributed by atoms with Crippen LogP contribution in [0.3, 0.4) is 0 Å². The minimum atomic E-state index is -3.83. The first-order valence-corrected chi connectivity index (χ1v) is 7.05. The molecule has 0 aliphatic heterocycles. The maximum atomic E-state index is 11.4. The third-order valence-electron chi connectivity index (χ3n) is 1.88. The van der Waals surface area contributed by atoms with E-state index in [0.717, 1.165) is 12.3 Å². The molecule has 0 bridgehead atoms. The Kier molecular flexibility index (Phi) is 4.98. The standard InChI is InChI=1S/C9H12ClNO5S/c1-15-3-2-4-16-9(12)8-5-7(6-11-8)17(10,13)14/h5-6,11H,2-4H2,1H3. The van der Waals surface area contributed by atoms with Gasteiger partial charge in [0.2, 0.25) is 0 Å². The summed E-state index contributed by atoms with van der Waals surface area (Å²) in [5.41, 5.74) is 0.0432. The summed E-state index contributed by atoms with van der Waals surface area (Å²) in [5.74, 6) is -0.632. The van der Waals surface area contributed by atoms with Crippen molar-refractivity contribution in [2.45, 2.75) is 11.3 Å². The number of carbonyl (C=O) groups is 1. The Morgan fingerprint density at radius 2 is 2.18 bits per heavy atom. The number of hydrogen-bond acceptors (Lipinski definition) is 5. The SMILES string of the molecule is COCCCOC(=O)c1cc(S(=O)(=O)Cl)c[nH]1. The number of hydrogen-bond donors (Lipinski definition) is 1. The second-order valence-corrected chi connectivity index (χ2v) is 5.74. The Labute approximate surface area is 103 Å². The summed E-state index contributed by atoms with van der Waals surface area (Å²) in [5, 5.41) is 0. The number of H-pyrrole nitrogens is 1. The molecule has 0 atom stereocenters. The summed E-state index contributed by atoms with van der Waals surface area (Å²) in [6.45, 7) is 0.688. The second-order valence-electron chi connectivity index (χ2n) is 3.17. The second kappa shape index (κ2) is 6.04. The van der Waals surface area contributed by atoms with E-state index in [-0.39, 0.29) is 17.2 Å². The predicted octanol–water partition coefficient (Wildman–Crippen LogP) is 1.14. The normalized spacial score (nSPS) is 11.4. The lowest BCUT2D eigenvalue weighted by atomic mass is 10.4. The van der Waals surface area contributed by atoms with Crippen LogP contribution in [0.5, 0.6) is 0 Å². The van der Waals surface area contributed by atoms with Crippen LogP contribution in [0, 0.1) is 0 Å². The first-order chi connectivity index (χ1) is 7.95. The lowest BCUT2D eigenvalue weighted by Crippen LogP contribution is -2.08. The van der Waals surface area contributed by atoms with Crippen LogP contribution in [0.4, 0.5) is 0 Å². The molecule has 1 rings (SSSR count). The van der Waals surface area contributed by atoms with E-state index in [1.807, 2.05) is 0 Å². The van der Waals surface area contributed by atoms with E-state index in [1.165, 1.54) is 0 Å². The van der Waals surface area contributed by atoms with Crippen molar-refractivity contribution in [1.29, 1.82) is 0 Å². The van der Waals surface area contributed by atoms with E-state index in [9.17, 15) is 13.2 Å². The molecule has 0 spiro atoms. The van der Waals surface area contributed by atoms with E-state index in [0.29, 0.717) is 13.0 Å². The fourth-order valence-electron chi connectivity index (χ4n) is 1.08. The van der Waals surface area contributed by atoms with Crippen LogP contribution in [0.1, 0.15) is 16.9 Å². The van der Waals surface area contributed by atoms with Gasteiger partial charge < -0.3 is 14.5 Å². The predicted molar refractivity (Wildman–Crippen MR) is 60.6 cm³/mol. The minimum absolute atomic E-state index is 0.0432. The Balaban J connectivity index is 2.56. The number of nitrogens with one attached hydrogen (secondary N) is 1. The van der Waals surface area contributed by atoms with Crippen molar-refractivity contribution < 1.29 is 22.7 Å². The van der Waals surface area contributed by atoms with Crippen LogP contribution >= 0.6 is 10.7 Å². The van der Waals surface area contributed by atoms with E-state index in [2.05, 4.69) is 4.98 Å².